The fourth-order valence-electron chi connectivity index (χ4n) is 2.40. The smallest absolute Gasteiger partial charge is 0.0238 e. The molecule has 2 nitrogen and oxygen atoms in total. The van der Waals surface area contributed by atoms with Crippen LogP contribution in [0, 0.1) is 5.92 Å². The normalized spacial score (nSPS) is 48.0. The zero-order valence-electron chi connectivity index (χ0n) is 6.80. The molecule has 0 radical (unpaired) electrons. The first-order valence-electron chi connectivity index (χ1n) is 4.20. The summed E-state index contributed by atoms with van der Waals surface area (Å²) in [6.07, 6.45) is 1.38. The van der Waals surface area contributed by atoms with Crippen molar-refractivity contribution in [3.05, 3.63) is 0 Å². The van der Waals surface area contributed by atoms with Crippen LogP contribution in [0.2, 0.25) is 0 Å². The quantitative estimate of drug-likeness (QED) is 0.520. The largest absolute Gasteiger partial charge is 0.310 e. The van der Waals surface area contributed by atoms with Crippen LogP contribution in [0.4, 0.5) is 0 Å². The van der Waals surface area contributed by atoms with E-state index < -0.39 is 0 Å². The molecule has 0 spiro atoms. The summed E-state index contributed by atoms with van der Waals surface area (Å²) in [6.45, 7) is 4.86. The van der Waals surface area contributed by atoms with E-state index in [1.54, 1.807) is 0 Å². The van der Waals surface area contributed by atoms with Gasteiger partial charge < -0.3 is 10.2 Å². The number of rotatable bonds is 0. The number of hydrogen-bond donors (Lipinski definition) is 1. The number of nitrogens with one attached hydrogen (secondary N) is 1. The van der Waals surface area contributed by atoms with Gasteiger partial charge in [-0.05, 0) is 26.3 Å². The molecule has 0 aromatic carbocycles. The summed E-state index contributed by atoms with van der Waals surface area (Å²) in [5.74, 6) is 0.944. The second-order valence-electron chi connectivity index (χ2n) is 3.89. The number of hydrogen-bond acceptors (Lipinski definition) is 2. The molecule has 0 amide bonds. The third-order valence-corrected chi connectivity index (χ3v) is 2.78. The lowest BCUT2D eigenvalue weighted by atomic mass is 10.0. The van der Waals surface area contributed by atoms with Gasteiger partial charge in [0.05, 0.1) is 0 Å². The van der Waals surface area contributed by atoms with Crippen LogP contribution in [0.15, 0.2) is 0 Å². The highest BCUT2D eigenvalue weighted by Crippen LogP contribution is 2.26. The molecule has 0 unspecified atom stereocenters. The third-order valence-electron chi connectivity index (χ3n) is 2.78. The van der Waals surface area contributed by atoms with Gasteiger partial charge in [-0.1, -0.05) is 0 Å². The number of fused-ring (bicyclic) bond motifs is 1. The van der Waals surface area contributed by atoms with Crippen molar-refractivity contribution >= 4 is 0 Å². The van der Waals surface area contributed by atoms with Crippen molar-refractivity contribution in [2.24, 2.45) is 5.92 Å². The second-order valence-corrected chi connectivity index (χ2v) is 3.89. The first kappa shape index (κ1) is 6.62. The van der Waals surface area contributed by atoms with Crippen LogP contribution in [-0.2, 0) is 0 Å². The summed E-state index contributed by atoms with van der Waals surface area (Å²) in [7, 11) is 2.21. The maximum Gasteiger partial charge on any atom is 0.0238 e. The monoisotopic (exact) mass is 140 g/mol. The Kier molecular flexibility index (Phi) is 1.46. The lowest BCUT2D eigenvalue weighted by molar-refractivity contribution is 0.370. The SMILES string of the molecule is C[C@@H]1C[C@@H]2CN(C)C[C@@H]2N1. The molecule has 0 bridgehead atoms. The van der Waals surface area contributed by atoms with E-state index in [2.05, 4.69) is 24.2 Å². The highest BCUT2D eigenvalue weighted by Gasteiger charge is 2.37. The van der Waals surface area contributed by atoms with Crippen molar-refractivity contribution in [1.29, 1.82) is 0 Å². The summed E-state index contributed by atoms with van der Waals surface area (Å²) < 4.78 is 0. The zero-order valence-corrected chi connectivity index (χ0v) is 6.80. The Hall–Kier alpha value is -0.0800. The van der Waals surface area contributed by atoms with Crippen LogP contribution < -0.4 is 5.32 Å². The lowest BCUT2D eigenvalue weighted by Gasteiger charge is -2.11. The molecule has 2 fully saturated rings. The minimum absolute atomic E-state index is 0.767. The third kappa shape index (κ3) is 0.956. The summed E-state index contributed by atoms with van der Waals surface area (Å²) in [6, 6.07) is 1.57. The average Bonchev–Trinajstić information content (AvgIpc) is 2.21. The van der Waals surface area contributed by atoms with Gasteiger partial charge in [0.1, 0.15) is 0 Å². The highest BCUT2D eigenvalue weighted by molar-refractivity contribution is 4.95. The van der Waals surface area contributed by atoms with Crippen molar-refractivity contribution in [2.75, 3.05) is 20.1 Å². The summed E-state index contributed by atoms with van der Waals surface area (Å²) in [4.78, 5) is 2.42. The van der Waals surface area contributed by atoms with E-state index in [0.717, 1.165) is 18.0 Å². The molecule has 58 valence electrons. The Balaban J connectivity index is 2.00. The molecule has 2 heterocycles. The van der Waals surface area contributed by atoms with Crippen LogP contribution in [-0.4, -0.2) is 37.1 Å². The van der Waals surface area contributed by atoms with E-state index in [1.165, 1.54) is 19.5 Å². The highest BCUT2D eigenvalue weighted by atomic mass is 15.2. The fraction of sp³-hybridized carbons (Fsp3) is 1.00. The Morgan fingerprint density at radius 3 is 2.90 bits per heavy atom. The van der Waals surface area contributed by atoms with Gasteiger partial charge in [-0.3, -0.25) is 0 Å². The van der Waals surface area contributed by atoms with Gasteiger partial charge in [-0.15, -0.1) is 0 Å². The van der Waals surface area contributed by atoms with E-state index in [1.807, 2.05) is 0 Å². The Morgan fingerprint density at radius 1 is 1.40 bits per heavy atom. The molecule has 0 aromatic heterocycles. The average molecular weight is 140 g/mol. The Labute approximate surface area is 62.6 Å². The van der Waals surface area contributed by atoms with E-state index in [-0.39, 0.29) is 0 Å². The molecule has 0 aliphatic carbocycles. The van der Waals surface area contributed by atoms with Crippen LogP contribution in [0.5, 0.6) is 0 Å². The van der Waals surface area contributed by atoms with E-state index >= 15 is 0 Å². The first-order valence-corrected chi connectivity index (χ1v) is 4.20. The molecule has 1 N–H and O–H groups in total. The van der Waals surface area contributed by atoms with Crippen molar-refractivity contribution in [2.45, 2.75) is 25.4 Å². The molecule has 2 aliphatic rings. The molecule has 0 saturated carbocycles. The topological polar surface area (TPSA) is 15.3 Å². The van der Waals surface area contributed by atoms with Crippen LogP contribution >= 0.6 is 0 Å². The van der Waals surface area contributed by atoms with Crippen LogP contribution in [0.25, 0.3) is 0 Å². The van der Waals surface area contributed by atoms with Crippen molar-refractivity contribution in [3.63, 3.8) is 0 Å². The molecule has 2 aliphatic heterocycles. The minimum Gasteiger partial charge on any atom is -0.310 e. The summed E-state index contributed by atoms with van der Waals surface area (Å²) in [5.41, 5.74) is 0. The summed E-state index contributed by atoms with van der Waals surface area (Å²) in [5, 5.41) is 3.60. The van der Waals surface area contributed by atoms with Crippen molar-refractivity contribution < 1.29 is 0 Å². The van der Waals surface area contributed by atoms with E-state index in [4.69, 9.17) is 0 Å². The molecular weight excluding hydrogens is 124 g/mol. The van der Waals surface area contributed by atoms with Crippen LogP contribution in [0.1, 0.15) is 13.3 Å². The number of likely N-dealkylation sites (N-methyl/N-ethyl adjacent to an activating group) is 1. The van der Waals surface area contributed by atoms with Crippen LogP contribution in [0.3, 0.4) is 0 Å². The molecule has 2 rings (SSSR count). The van der Waals surface area contributed by atoms with Gasteiger partial charge in [-0.2, -0.15) is 0 Å². The van der Waals surface area contributed by atoms with Gasteiger partial charge in [-0.25, -0.2) is 0 Å². The predicted octanol–water partition coefficient (Wildman–Crippen LogP) is 0.298. The van der Waals surface area contributed by atoms with E-state index in [0.29, 0.717) is 0 Å². The molecule has 10 heavy (non-hydrogen) atoms. The van der Waals surface area contributed by atoms with Gasteiger partial charge in [0.15, 0.2) is 0 Å². The number of likely N-dealkylation sites (tertiary alicyclic amines) is 1. The Bertz CT molecular complexity index is 107. The van der Waals surface area contributed by atoms with Crippen molar-refractivity contribution in [3.8, 4) is 0 Å². The first-order chi connectivity index (χ1) is 4.75. The Morgan fingerprint density at radius 2 is 2.20 bits per heavy atom. The molecule has 2 heteroatoms. The van der Waals surface area contributed by atoms with Gasteiger partial charge >= 0.3 is 0 Å². The predicted molar refractivity (Wildman–Crippen MR) is 42.0 cm³/mol. The maximum atomic E-state index is 3.60. The zero-order chi connectivity index (χ0) is 7.14. The lowest BCUT2D eigenvalue weighted by Crippen LogP contribution is -2.32. The molecule has 3 atom stereocenters. The maximum absolute atomic E-state index is 3.60. The number of nitrogens with zero attached hydrogens (tertiary/aromatic N) is 1. The van der Waals surface area contributed by atoms with E-state index in [9.17, 15) is 0 Å². The van der Waals surface area contributed by atoms with Gasteiger partial charge in [0, 0.05) is 25.2 Å². The van der Waals surface area contributed by atoms with Gasteiger partial charge in [0.25, 0.3) is 0 Å². The fourth-order valence-corrected chi connectivity index (χ4v) is 2.40. The summed E-state index contributed by atoms with van der Waals surface area (Å²) >= 11 is 0. The minimum atomic E-state index is 0.767. The van der Waals surface area contributed by atoms with Crippen molar-refractivity contribution in [1.82, 2.24) is 10.2 Å². The second kappa shape index (κ2) is 2.21. The van der Waals surface area contributed by atoms with Gasteiger partial charge in [0.2, 0.25) is 0 Å². The molecule has 2 saturated heterocycles. The standard InChI is InChI=1S/C8H16N2/c1-6-3-7-4-10(2)5-8(7)9-6/h6-9H,3-5H2,1-2H3/t6-,7-,8+/m1/s1. The molecular formula is C8H16N2. The molecule has 0 aromatic rings.